The summed E-state index contributed by atoms with van der Waals surface area (Å²) in [5.74, 6) is 1.94. The van der Waals surface area contributed by atoms with Crippen molar-refractivity contribution in [2.45, 2.75) is 6.42 Å². The Hall–Kier alpha value is -3.42. The van der Waals surface area contributed by atoms with Gasteiger partial charge in [-0.1, -0.05) is 41.7 Å². The van der Waals surface area contributed by atoms with Crippen molar-refractivity contribution in [1.29, 1.82) is 0 Å². The number of fused-ring (bicyclic) bond motifs is 1. The van der Waals surface area contributed by atoms with Crippen molar-refractivity contribution < 1.29 is 14.3 Å². The molecule has 0 atom stereocenters. The third-order valence-electron chi connectivity index (χ3n) is 5.11. The summed E-state index contributed by atoms with van der Waals surface area (Å²) in [6.45, 7) is 1.43. The predicted octanol–water partition coefficient (Wildman–Crippen LogP) is 5.70. The maximum atomic E-state index is 13.6. The maximum Gasteiger partial charge on any atom is 0.260 e. The smallest absolute Gasteiger partial charge is 0.260 e. The normalized spacial score (nSPS) is 11.0. The van der Waals surface area contributed by atoms with Crippen LogP contribution in [0.25, 0.3) is 10.2 Å². The number of thiazole rings is 1. The van der Waals surface area contributed by atoms with Crippen LogP contribution < -0.4 is 14.4 Å². The van der Waals surface area contributed by atoms with Gasteiger partial charge in [0.15, 0.2) is 5.13 Å². The molecule has 4 rings (SSSR count). The molecule has 4 aromatic rings. The third-order valence-corrected chi connectivity index (χ3v) is 6.16. The summed E-state index contributed by atoms with van der Waals surface area (Å²) < 4.78 is 12.4. The zero-order valence-corrected chi connectivity index (χ0v) is 19.8. The zero-order valence-electron chi connectivity index (χ0n) is 19.0. The Morgan fingerprint density at radius 1 is 0.939 bits per heavy atom. The molecule has 0 fully saturated rings. The fraction of sp³-hybridized carbons (Fsp3) is 0.231. The van der Waals surface area contributed by atoms with E-state index in [1.807, 2.05) is 80.8 Å². The molecule has 170 valence electrons. The molecule has 0 saturated heterocycles. The van der Waals surface area contributed by atoms with Gasteiger partial charge in [0, 0.05) is 12.1 Å². The number of para-hydroxylation sites is 2. The highest BCUT2D eigenvalue weighted by Gasteiger charge is 2.22. The van der Waals surface area contributed by atoms with E-state index in [0.717, 1.165) is 28.9 Å². The van der Waals surface area contributed by atoms with Crippen molar-refractivity contribution in [3.8, 4) is 17.2 Å². The van der Waals surface area contributed by atoms with E-state index in [4.69, 9.17) is 14.5 Å². The second-order valence-electron chi connectivity index (χ2n) is 7.86. The van der Waals surface area contributed by atoms with Gasteiger partial charge in [-0.15, -0.1) is 0 Å². The molecule has 7 heteroatoms. The highest BCUT2D eigenvalue weighted by atomic mass is 32.1. The number of benzene rings is 3. The van der Waals surface area contributed by atoms with Crippen LogP contribution in [-0.2, 0) is 0 Å². The minimum atomic E-state index is -0.106. The molecule has 1 amide bonds. The number of hydrogen-bond donors (Lipinski definition) is 0. The van der Waals surface area contributed by atoms with Crippen molar-refractivity contribution >= 4 is 32.6 Å². The average Bonchev–Trinajstić information content (AvgIpc) is 3.26. The van der Waals surface area contributed by atoms with Crippen molar-refractivity contribution in [1.82, 2.24) is 9.88 Å². The molecule has 0 aliphatic carbocycles. The van der Waals surface area contributed by atoms with Gasteiger partial charge in [0.1, 0.15) is 22.8 Å². The van der Waals surface area contributed by atoms with E-state index in [9.17, 15) is 4.79 Å². The van der Waals surface area contributed by atoms with Gasteiger partial charge in [-0.3, -0.25) is 9.69 Å². The van der Waals surface area contributed by atoms with Crippen LogP contribution in [0.2, 0.25) is 0 Å². The third kappa shape index (κ3) is 5.50. The van der Waals surface area contributed by atoms with E-state index in [-0.39, 0.29) is 5.91 Å². The number of amides is 1. The molecule has 0 N–H and O–H groups in total. The number of ether oxygens (including phenoxy) is 2. The highest BCUT2D eigenvalue weighted by Crippen LogP contribution is 2.35. The summed E-state index contributed by atoms with van der Waals surface area (Å²) in [7, 11) is 5.68. The molecule has 0 aliphatic heterocycles. The summed E-state index contributed by atoms with van der Waals surface area (Å²) in [4.78, 5) is 22.3. The fourth-order valence-corrected chi connectivity index (χ4v) is 4.50. The first kappa shape index (κ1) is 22.8. The van der Waals surface area contributed by atoms with Crippen molar-refractivity contribution in [3.63, 3.8) is 0 Å². The summed E-state index contributed by atoms with van der Waals surface area (Å²) in [6, 6.07) is 22.6. The quantitative estimate of drug-likeness (QED) is 0.320. The summed E-state index contributed by atoms with van der Waals surface area (Å²) in [5, 5.41) is 0.660. The van der Waals surface area contributed by atoms with E-state index < -0.39 is 0 Å². The van der Waals surface area contributed by atoms with Crippen LogP contribution >= 0.6 is 11.3 Å². The number of carbonyl (C=O) groups excluding carboxylic acids is 1. The van der Waals surface area contributed by atoms with Gasteiger partial charge in [0.05, 0.1) is 11.8 Å². The lowest BCUT2D eigenvalue weighted by atomic mass is 10.2. The van der Waals surface area contributed by atoms with Gasteiger partial charge in [-0.05, 0) is 69.5 Å². The van der Waals surface area contributed by atoms with E-state index in [2.05, 4.69) is 4.90 Å². The van der Waals surface area contributed by atoms with Gasteiger partial charge < -0.3 is 14.4 Å². The Bertz CT molecular complexity index is 1220. The monoisotopic (exact) mass is 461 g/mol. The second kappa shape index (κ2) is 10.5. The van der Waals surface area contributed by atoms with Crippen LogP contribution in [-0.4, -0.2) is 50.1 Å². The largest absolute Gasteiger partial charge is 0.494 e. The predicted molar refractivity (Wildman–Crippen MR) is 134 cm³/mol. The van der Waals surface area contributed by atoms with E-state index in [1.165, 1.54) is 11.3 Å². The van der Waals surface area contributed by atoms with Crippen LogP contribution in [0.3, 0.4) is 0 Å². The van der Waals surface area contributed by atoms with E-state index in [1.54, 1.807) is 18.1 Å². The van der Waals surface area contributed by atoms with Crippen molar-refractivity contribution in [2.75, 3.05) is 39.2 Å². The number of hydrogen-bond acceptors (Lipinski definition) is 6. The molecule has 3 aromatic carbocycles. The molecule has 0 saturated carbocycles. The lowest BCUT2D eigenvalue weighted by Gasteiger charge is -2.21. The van der Waals surface area contributed by atoms with Gasteiger partial charge in [0.25, 0.3) is 5.91 Å². The summed E-state index contributed by atoms with van der Waals surface area (Å²) >= 11 is 1.49. The lowest BCUT2D eigenvalue weighted by Crippen LogP contribution is -2.33. The van der Waals surface area contributed by atoms with Crippen LogP contribution in [0.5, 0.6) is 17.2 Å². The van der Waals surface area contributed by atoms with Crippen LogP contribution in [0.4, 0.5) is 5.13 Å². The lowest BCUT2D eigenvalue weighted by molar-refractivity contribution is 0.0985. The Kier molecular flexibility index (Phi) is 7.22. The molecule has 1 heterocycles. The first-order valence-electron chi connectivity index (χ1n) is 10.8. The summed E-state index contributed by atoms with van der Waals surface area (Å²) in [5.41, 5.74) is 1.33. The Morgan fingerprint density at radius 2 is 1.70 bits per heavy atom. The number of carbonyl (C=O) groups is 1. The van der Waals surface area contributed by atoms with E-state index in [0.29, 0.717) is 28.7 Å². The first-order chi connectivity index (χ1) is 16.0. The molecule has 0 bridgehead atoms. The molecule has 1 aromatic heterocycles. The zero-order chi connectivity index (χ0) is 23.2. The minimum Gasteiger partial charge on any atom is -0.494 e. The Labute approximate surface area is 198 Å². The molecule has 6 nitrogen and oxygen atoms in total. The molecular weight excluding hydrogens is 434 g/mol. The van der Waals surface area contributed by atoms with E-state index >= 15 is 0 Å². The van der Waals surface area contributed by atoms with Gasteiger partial charge in [-0.2, -0.15) is 0 Å². The van der Waals surface area contributed by atoms with Gasteiger partial charge in [0.2, 0.25) is 0 Å². The number of nitrogens with zero attached hydrogens (tertiary/aromatic N) is 3. The first-order valence-corrected chi connectivity index (χ1v) is 11.6. The fourth-order valence-electron chi connectivity index (χ4n) is 3.49. The highest BCUT2D eigenvalue weighted by molar-refractivity contribution is 7.22. The van der Waals surface area contributed by atoms with Crippen LogP contribution in [0, 0.1) is 0 Å². The van der Waals surface area contributed by atoms with Crippen molar-refractivity contribution in [2.24, 2.45) is 0 Å². The molecule has 0 spiro atoms. The number of aromatic nitrogens is 1. The average molecular weight is 462 g/mol. The Morgan fingerprint density at radius 3 is 2.45 bits per heavy atom. The topological polar surface area (TPSA) is 54.9 Å². The number of methoxy groups -OCH3 is 1. The SMILES string of the molecule is COc1cccc2sc(N(CCCN(C)C)C(=O)c3cccc(Oc4ccccc4)c3)nc12. The minimum absolute atomic E-state index is 0.106. The maximum absolute atomic E-state index is 13.6. The summed E-state index contributed by atoms with van der Waals surface area (Å²) in [6.07, 6.45) is 0.825. The van der Waals surface area contributed by atoms with Crippen LogP contribution in [0.1, 0.15) is 16.8 Å². The molecule has 0 aliphatic rings. The van der Waals surface area contributed by atoms with Crippen molar-refractivity contribution in [3.05, 3.63) is 78.4 Å². The number of rotatable bonds is 9. The second-order valence-corrected chi connectivity index (χ2v) is 8.87. The molecular formula is C26H27N3O3S. The molecule has 0 radical (unpaired) electrons. The molecule has 33 heavy (non-hydrogen) atoms. The Balaban J connectivity index is 1.64. The standard InChI is InChI=1S/C26H27N3O3S/c1-28(2)16-9-17-29(26-27-24-22(31-3)14-8-15-23(24)33-26)25(30)19-10-7-13-21(18-19)32-20-11-5-4-6-12-20/h4-8,10-15,18H,9,16-17H2,1-3H3. The number of anilines is 1. The van der Waals surface area contributed by atoms with Crippen LogP contribution in [0.15, 0.2) is 72.8 Å². The van der Waals surface area contributed by atoms with Gasteiger partial charge in [-0.25, -0.2) is 4.98 Å². The molecule has 0 unspecified atom stereocenters. The van der Waals surface area contributed by atoms with Gasteiger partial charge >= 0.3 is 0 Å².